The Morgan fingerprint density at radius 2 is 1.74 bits per heavy atom. The van der Waals surface area contributed by atoms with Gasteiger partial charge in [0.15, 0.2) is 5.65 Å². The van der Waals surface area contributed by atoms with Crippen molar-refractivity contribution >= 4 is 16.9 Å². The summed E-state index contributed by atoms with van der Waals surface area (Å²) in [7, 11) is 0. The van der Waals surface area contributed by atoms with E-state index in [2.05, 4.69) is 35.6 Å². The molecule has 6 rings (SSSR count). The molecule has 9 nitrogen and oxygen atoms in total. The van der Waals surface area contributed by atoms with Crippen molar-refractivity contribution in [2.45, 2.75) is 50.6 Å². The lowest BCUT2D eigenvalue weighted by atomic mass is 9.96. The third kappa shape index (κ3) is 5.92. The molecule has 0 aliphatic heterocycles. The van der Waals surface area contributed by atoms with Gasteiger partial charge in [-0.3, -0.25) is 14.6 Å². The zero-order chi connectivity index (χ0) is 30.2. The van der Waals surface area contributed by atoms with Gasteiger partial charge in [-0.2, -0.15) is 10.2 Å². The average molecular weight is 601 g/mol. The van der Waals surface area contributed by atoms with E-state index in [4.69, 9.17) is 0 Å². The Kier molecular flexibility index (Phi) is 7.54. The Morgan fingerprint density at radius 3 is 2.44 bits per heavy atom. The maximum absolute atomic E-state index is 14.1. The molecule has 1 fully saturated rings. The topological polar surface area (TPSA) is 114 Å². The number of H-pyrrole nitrogens is 1. The molecule has 0 radical (unpaired) electrons. The van der Waals surface area contributed by atoms with E-state index in [1.807, 2.05) is 0 Å². The first-order valence-corrected chi connectivity index (χ1v) is 13.2. The van der Waals surface area contributed by atoms with Crippen molar-refractivity contribution in [2.75, 3.05) is 0 Å². The summed E-state index contributed by atoms with van der Waals surface area (Å²) in [5.74, 6) is -3.02. The van der Waals surface area contributed by atoms with Gasteiger partial charge >= 0.3 is 0 Å². The van der Waals surface area contributed by atoms with Gasteiger partial charge < -0.3 is 5.32 Å². The van der Waals surface area contributed by atoms with Gasteiger partial charge in [-0.1, -0.05) is 0 Å². The Bertz CT molecular complexity index is 1780. The number of pyridine rings is 1. The van der Waals surface area contributed by atoms with Crippen LogP contribution in [0.4, 0.5) is 26.3 Å². The second-order valence-electron chi connectivity index (χ2n) is 10.2. The quantitative estimate of drug-likeness (QED) is 0.198. The monoisotopic (exact) mass is 600 g/mol. The maximum Gasteiger partial charge on any atom is 0.282 e. The van der Waals surface area contributed by atoms with Crippen LogP contribution in [0.25, 0.3) is 22.2 Å². The molecule has 1 aliphatic rings. The van der Waals surface area contributed by atoms with Crippen LogP contribution >= 0.6 is 0 Å². The number of benzene rings is 1. The van der Waals surface area contributed by atoms with E-state index in [0.29, 0.717) is 45.8 Å². The number of carbonyl (C=O) groups is 1. The van der Waals surface area contributed by atoms with Crippen molar-refractivity contribution in [2.24, 2.45) is 0 Å². The van der Waals surface area contributed by atoms with E-state index in [-0.39, 0.29) is 23.2 Å². The Labute approximate surface area is 239 Å². The van der Waals surface area contributed by atoms with Crippen LogP contribution in [0.3, 0.4) is 0 Å². The second-order valence-corrected chi connectivity index (χ2v) is 10.2. The summed E-state index contributed by atoms with van der Waals surface area (Å²) in [6.07, 6.45) is 0.293. The molecule has 1 saturated carbocycles. The fourth-order valence-electron chi connectivity index (χ4n) is 5.19. The number of aromatic amines is 1. The highest BCUT2D eigenvalue weighted by Crippen LogP contribution is 2.47. The van der Waals surface area contributed by atoms with Crippen molar-refractivity contribution in [1.82, 2.24) is 40.2 Å². The van der Waals surface area contributed by atoms with Gasteiger partial charge in [0, 0.05) is 40.5 Å². The van der Waals surface area contributed by atoms with E-state index >= 15 is 0 Å². The molecule has 2 N–H and O–H groups in total. The van der Waals surface area contributed by atoms with Crippen LogP contribution in [-0.2, 0) is 17.8 Å². The van der Waals surface area contributed by atoms with Crippen LogP contribution in [0.2, 0.25) is 0 Å². The summed E-state index contributed by atoms with van der Waals surface area (Å²) in [6, 6.07) is 3.55. The molecule has 4 aromatic heterocycles. The second kappa shape index (κ2) is 11.5. The third-order valence-corrected chi connectivity index (χ3v) is 7.12. The van der Waals surface area contributed by atoms with Crippen molar-refractivity contribution < 1.29 is 31.1 Å². The molecule has 5 aromatic rings. The van der Waals surface area contributed by atoms with Crippen LogP contribution in [-0.4, -0.2) is 40.8 Å². The van der Waals surface area contributed by atoms with Crippen LogP contribution in [0.5, 0.6) is 0 Å². The molecule has 43 heavy (non-hydrogen) atoms. The molecule has 1 amide bonds. The number of halogens is 6. The lowest BCUT2D eigenvalue weighted by Gasteiger charge is -2.21. The molecule has 0 saturated heterocycles. The van der Waals surface area contributed by atoms with Gasteiger partial charge in [-0.25, -0.2) is 41.3 Å². The highest BCUT2D eigenvalue weighted by molar-refractivity contribution is 5.81. The highest BCUT2D eigenvalue weighted by atomic mass is 19.3. The summed E-state index contributed by atoms with van der Waals surface area (Å²) in [5, 5.41) is 13.7. The number of carbonyl (C=O) groups excluding carboxylic acids is 1. The first-order valence-electron chi connectivity index (χ1n) is 13.2. The smallest absolute Gasteiger partial charge is 0.282 e. The molecule has 0 unspecified atom stereocenters. The van der Waals surface area contributed by atoms with E-state index < -0.39 is 60.3 Å². The molecular formula is C28H22F6N8O. The van der Waals surface area contributed by atoms with Gasteiger partial charge in [0.05, 0.1) is 17.9 Å². The Hall–Kier alpha value is -4.82. The molecule has 0 bridgehead atoms. The van der Waals surface area contributed by atoms with E-state index in [1.54, 1.807) is 12.3 Å². The summed E-state index contributed by atoms with van der Waals surface area (Å²) >= 11 is 0. The van der Waals surface area contributed by atoms with Crippen LogP contribution in [0.15, 0.2) is 49.2 Å². The van der Waals surface area contributed by atoms with Gasteiger partial charge in [0.25, 0.3) is 12.9 Å². The average Bonchev–Trinajstić information content (AvgIpc) is 3.56. The Morgan fingerprint density at radius 1 is 0.977 bits per heavy atom. The van der Waals surface area contributed by atoms with Gasteiger partial charge in [-0.05, 0) is 48.9 Å². The zero-order valence-corrected chi connectivity index (χ0v) is 22.1. The Balaban J connectivity index is 1.37. The summed E-state index contributed by atoms with van der Waals surface area (Å²) in [4.78, 5) is 26.1. The van der Waals surface area contributed by atoms with Crippen molar-refractivity contribution in [3.05, 3.63) is 89.0 Å². The maximum atomic E-state index is 14.1. The van der Waals surface area contributed by atoms with E-state index in [0.717, 1.165) is 12.1 Å². The summed E-state index contributed by atoms with van der Waals surface area (Å²) in [5.41, 5.74) is 0.171. The number of fused-ring (bicyclic) bond motifs is 1. The summed E-state index contributed by atoms with van der Waals surface area (Å²) < 4.78 is 84.4. The SMILES string of the molecule is O=C(Cn1nc(C(F)F)c(C2CC2)c1C(F)F)N[C@@H](Cc1cc(F)cc(F)c1)c1ncncc1-c1cnc2[nH]ncc2c1. The molecule has 1 atom stereocenters. The van der Waals surface area contributed by atoms with E-state index in [9.17, 15) is 31.1 Å². The molecule has 222 valence electrons. The number of amides is 1. The number of hydrogen-bond donors (Lipinski definition) is 2. The minimum atomic E-state index is -3.15. The van der Waals surface area contributed by atoms with Crippen molar-refractivity contribution in [1.29, 1.82) is 0 Å². The fraction of sp³-hybridized carbons (Fsp3) is 0.286. The number of hydrogen-bond acceptors (Lipinski definition) is 6. The minimum Gasteiger partial charge on any atom is -0.346 e. The molecule has 1 aromatic carbocycles. The third-order valence-electron chi connectivity index (χ3n) is 7.12. The molecule has 15 heteroatoms. The van der Waals surface area contributed by atoms with Crippen LogP contribution in [0.1, 0.15) is 65.9 Å². The summed E-state index contributed by atoms with van der Waals surface area (Å²) in [6.45, 7) is -0.803. The van der Waals surface area contributed by atoms with Gasteiger partial charge in [-0.15, -0.1) is 0 Å². The number of alkyl halides is 4. The largest absolute Gasteiger partial charge is 0.346 e. The molecule has 1 aliphatic carbocycles. The predicted molar refractivity (Wildman–Crippen MR) is 140 cm³/mol. The van der Waals surface area contributed by atoms with Crippen molar-refractivity contribution in [3.8, 4) is 11.1 Å². The molecule has 0 spiro atoms. The molecular weight excluding hydrogens is 578 g/mol. The van der Waals surface area contributed by atoms with Crippen molar-refractivity contribution in [3.63, 3.8) is 0 Å². The van der Waals surface area contributed by atoms with Crippen LogP contribution in [0, 0.1) is 11.6 Å². The fourth-order valence-corrected chi connectivity index (χ4v) is 5.19. The lowest BCUT2D eigenvalue weighted by Crippen LogP contribution is -2.34. The zero-order valence-electron chi connectivity index (χ0n) is 22.1. The number of rotatable bonds is 10. The first-order chi connectivity index (χ1) is 20.7. The van der Waals surface area contributed by atoms with Crippen LogP contribution < -0.4 is 5.32 Å². The highest BCUT2D eigenvalue weighted by Gasteiger charge is 2.38. The molecule has 4 heterocycles. The van der Waals surface area contributed by atoms with Gasteiger partial charge in [0.2, 0.25) is 5.91 Å². The number of nitrogens with one attached hydrogen (secondary N) is 2. The van der Waals surface area contributed by atoms with Gasteiger partial charge in [0.1, 0.15) is 35.9 Å². The predicted octanol–water partition coefficient (Wildman–Crippen LogP) is 5.74. The lowest BCUT2D eigenvalue weighted by molar-refractivity contribution is -0.122. The standard InChI is InChI=1S/C28H22F6N8O/c29-17-3-13(4-18(30)7-17)5-20(23-19(10-35-12-37-23)15-6-16-9-38-40-28(16)36-8-15)39-21(43)11-42-25(27(33)34)22(14-1-2-14)24(41-42)26(31)32/h3-4,6-10,12,14,20,26-27H,1-2,5,11H2,(H,39,43)(H,36,38,40)/t20-/m0/s1. The number of aromatic nitrogens is 7. The minimum absolute atomic E-state index is 0.164. The van der Waals surface area contributed by atoms with E-state index in [1.165, 1.54) is 18.7 Å². The normalized spacial score (nSPS) is 14.1. The first kappa shape index (κ1) is 28.3. The number of nitrogens with zero attached hydrogens (tertiary/aromatic N) is 6.